The highest BCUT2D eigenvalue weighted by Crippen LogP contribution is 2.31. The van der Waals surface area contributed by atoms with Gasteiger partial charge < -0.3 is 4.42 Å². The molecule has 0 atom stereocenters. The monoisotopic (exact) mass is 337 g/mol. The smallest absolute Gasteiger partial charge is 0.277 e. The number of nitrogens with zero attached hydrogens (tertiary/aromatic N) is 3. The van der Waals surface area contributed by atoms with Crippen molar-refractivity contribution in [2.45, 2.75) is 11.0 Å². The van der Waals surface area contributed by atoms with Gasteiger partial charge in [0.05, 0.1) is 0 Å². The summed E-state index contributed by atoms with van der Waals surface area (Å²) in [5.74, 6) is 1.03. The first-order chi connectivity index (χ1) is 10.2. The lowest BCUT2D eigenvalue weighted by atomic mass is 10.2. The first kappa shape index (κ1) is 14.4. The molecule has 7 heteroatoms. The fourth-order valence-electron chi connectivity index (χ4n) is 1.68. The van der Waals surface area contributed by atoms with Crippen molar-refractivity contribution in [2.24, 2.45) is 0 Å². The largest absolute Gasteiger partial charge is 0.411 e. The molecular weight excluding hydrogens is 329 g/mol. The van der Waals surface area contributed by atoms with Gasteiger partial charge in [0.1, 0.15) is 0 Å². The van der Waals surface area contributed by atoms with Gasteiger partial charge in [0, 0.05) is 33.8 Å². The van der Waals surface area contributed by atoms with Crippen molar-refractivity contribution in [2.75, 3.05) is 0 Å². The molecule has 0 unspecified atom stereocenters. The van der Waals surface area contributed by atoms with Crippen LogP contribution in [0, 0.1) is 0 Å². The SMILES string of the molecule is Clc1cccc(Cl)c1CSc1nnc(-c2ccncc2)o1. The first-order valence-corrected chi connectivity index (χ1v) is 7.78. The summed E-state index contributed by atoms with van der Waals surface area (Å²) in [6, 6.07) is 9.05. The molecule has 0 N–H and O–H groups in total. The van der Waals surface area contributed by atoms with Crippen LogP contribution in [-0.4, -0.2) is 15.2 Å². The highest BCUT2D eigenvalue weighted by Gasteiger charge is 2.11. The molecule has 0 aliphatic heterocycles. The van der Waals surface area contributed by atoms with E-state index in [1.165, 1.54) is 11.8 Å². The Hall–Kier alpha value is -1.56. The zero-order valence-corrected chi connectivity index (χ0v) is 13.0. The highest BCUT2D eigenvalue weighted by atomic mass is 35.5. The second kappa shape index (κ2) is 6.47. The van der Waals surface area contributed by atoms with Crippen LogP contribution < -0.4 is 0 Å². The van der Waals surface area contributed by atoms with Crippen LogP contribution in [0.5, 0.6) is 0 Å². The van der Waals surface area contributed by atoms with Crippen molar-refractivity contribution in [1.29, 1.82) is 0 Å². The van der Waals surface area contributed by atoms with Crippen LogP contribution in [0.25, 0.3) is 11.5 Å². The zero-order valence-electron chi connectivity index (χ0n) is 10.7. The first-order valence-electron chi connectivity index (χ1n) is 6.03. The Labute approximate surface area is 135 Å². The molecule has 2 heterocycles. The van der Waals surface area contributed by atoms with E-state index in [0.29, 0.717) is 26.9 Å². The summed E-state index contributed by atoms with van der Waals surface area (Å²) in [7, 11) is 0. The van der Waals surface area contributed by atoms with Crippen molar-refractivity contribution in [3.05, 3.63) is 58.3 Å². The molecule has 2 aromatic heterocycles. The van der Waals surface area contributed by atoms with Crippen LogP contribution in [0.1, 0.15) is 5.56 Å². The van der Waals surface area contributed by atoms with Gasteiger partial charge in [-0.05, 0) is 29.8 Å². The topological polar surface area (TPSA) is 51.8 Å². The van der Waals surface area contributed by atoms with E-state index in [9.17, 15) is 0 Å². The lowest BCUT2D eigenvalue weighted by molar-refractivity contribution is 0.466. The minimum atomic E-state index is 0.463. The Morgan fingerprint density at radius 1 is 1.00 bits per heavy atom. The molecule has 1 aromatic carbocycles. The van der Waals surface area contributed by atoms with Crippen LogP contribution in [0.4, 0.5) is 0 Å². The Bertz CT molecular complexity index is 729. The van der Waals surface area contributed by atoms with Crippen LogP contribution in [0.15, 0.2) is 52.4 Å². The molecule has 0 fully saturated rings. The molecule has 21 heavy (non-hydrogen) atoms. The summed E-state index contributed by atoms with van der Waals surface area (Å²) < 4.78 is 5.60. The van der Waals surface area contributed by atoms with E-state index in [0.717, 1.165) is 11.1 Å². The predicted molar refractivity (Wildman–Crippen MR) is 83.6 cm³/mol. The molecule has 0 bridgehead atoms. The number of hydrogen-bond acceptors (Lipinski definition) is 5. The number of rotatable bonds is 4. The summed E-state index contributed by atoms with van der Waals surface area (Å²) in [5, 5.41) is 9.75. The molecule has 0 aliphatic carbocycles. The fraction of sp³-hybridized carbons (Fsp3) is 0.0714. The molecular formula is C14H9Cl2N3OS. The molecule has 3 rings (SSSR count). The molecule has 3 aromatic rings. The van der Waals surface area contributed by atoms with Gasteiger partial charge in [0.25, 0.3) is 5.22 Å². The van der Waals surface area contributed by atoms with Crippen LogP contribution >= 0.6 is 35.0 Å². The molecule has 0 radical (unpaired) electrons. The second-order valence-electron chi connectivity index (χ2n) is 4.10. The lowest BCUT2D eigenvalue weighted by Gasteiger charge is -2.04. The molecule has 0 aliphatic rings. The van der Waals surface area contributed by atoms with E-state index >= 15 is 0 Å². The fourth-order valence-corrected chi connectivity index (χ4v) is 3.19. The predicted octanol–water partition coefficient (Wildman–Crippen LogP) is 4.73. The Morgan fingerprint density at radius 2 is 1.71 bits per heavy atom. The molecule has 4 nitrogen and oxygen atoms in total. The molecule has 0 saturated heterocycles. The maximum Gasteiger partial charge on any atom is 0.277 e. The van der Waals surface area contributed by atoms with Crippen molar-refractivity contribution >= 4 is 35.0 Å². The maximum atomic E-state index is 6.13. The third-order valence-electron chi connectivity index (χ3n) is 2.74. The Balaban J connectivity index is 1.74. The summed E-state index contributed by atoms with van der Waals surface area (Å²) >= 11 is 13.6. The van der Waals surface area contributed by atoms with Gasteiger partial charge in [-0.25, -0.2) is 0 Å². The number of halogens is 2. The molecule has 106 valence electrons. The average Bonchev–Trinajstić information content (AvgIpc) is 2.97. The van der Waals surface area contributed by atoms with E-state index in [2.05, 4.69) is 15.2 Å². The van der Waals surface area contributed by atoms with Crippen LogP contribution in [0.3, 0.4) is 0 Å². The van der Waals surface area contributed by atoms with E-state index in [1.54, 1.807) is 24.5 Å². The normalized spacial score (nSPS) is 10.8. The average molecular weight is 338 g/mol. The van der Waals surface area contributed by atoms with Crippen molar-refractivity contribution in [3.8, 4) is 11.5 Å². The number of hydrogen-bond donors (Lipinski definition) is 0. The van der Waals surface area contributed by atoms with E-state index in [4.69, 9.17) is 27.6 Å². The van der Waals surface area contributed by atoms with E-state index in [-0.39, 0.29) is 0 Å². The van der Waals surface area contributed by atoms with Gasteiger partial charge in [-0.2, -0.15) is 0 Å². The molecule has 0 amide bonds. The van der Waals surface area contributed by atoms with Crippen molar-refractivity contribution < 1.29 is 4.42 Å². The van der Waals surface area contributed by atoms with Gasteiger partial charge in [-0.1, -0.05) is 41.0 Å². The minimum absolute atomic E-state index is 0.463. The molecule has 0 saturated carbocycles. The van der Waals surface area contributed by atoms with Gasteiger partial charge in [0.2, 0.25) is 5.89 Å². The van der Waals surface area contributed by atoms with E-state index < -0.39 is 0 Å². The third-order valence-corrected chi connectivity index (χ3v) is 4.29. The maximum absolute atomic E-state index is 6.13. The number of pyridine rings is 1. The minimum Gasteiger partial charge on any atom is -0.411 e. The summed E-state index contributed by atoms with van der Waals surface area (Å²) in [6.45, 7) is 0. The Kier molecular flexibility index (Phi) is 4.43. The molecule has 0 spiro atoms. The van der Waals surface area contributed by atoms with E-state index in [1.807, 2.05) is 18.2 Å². The quantitative estimate of drug-likeness (QED) is 0.644. The Morgan fingerprint density at radius 3 is 2.43 bits per heavy atom. The number of benzene rings is 1. The summed E-state index contributed by atoms with van der Waals surface area (Å²) in [5.41, 5.74) is 1.69. The zero-order chi connectivity index (χ0) is 14.7. The van der Waals surface area contributed by atoms with Gasteiger partial charge in [-0.3, -0.25) is 4.98 Å². The van der Waals surface area contributed by atoms with Crippen LogP contribution in [-0.2, 0) is 5.75 Å². The highest BCUT2D eigenvalue weighted by molar-refractivity contribution is 7.98. The van der Waals surface area contributed by atoms with Gasteiger partial charge in [0.15, 0.2) is 0 Å². The lowest BCUT2D eigenvalue weighted by Crippen LogP contribution is -1.84. The third kappa shape index (κ3) is 3.37. The summed E-state index contributed by atoms with van der Waals surface area (Å²) in [4.78, 5) is 3.95. The second-order valence-corrected chi connectivity index (χ2v) is 5.84. The summed E-state index contributed by atoms with van der Waals surface area (Å²) in [6.07, 6.45) is 3.35. The van der Waals surface area contributed by atoms with Gasteiger partial charge in [-0.15, -0.1) is 10.2 Å². The van der Waals surface area contributed by atoms with Crippen LogP contribution in [0.2, 0.25) is 10.0 Å². The van der Waals surface area contributed by atoms with Crippen molar-refractivity contribution in [1.82, 2.24) is 15.2 Å². The number of thioether (sulfide) groups is 1. The number of aromatic nitrogens is 3. The van der Waals surface area contributed by atoms with Crippen molar-refractivity contribution in [3.63, 3.8) is 0 Å². The van der Waals surface area contributed by atoms with Gasteiger partial charge >= 0.3 is 0 Å². The standard InChI is InChI=1S/C14H9Cl2N3OS/c15-11-2-1-3-12(16)10(11)8-21-14-19-18-13(20-14)9-4-6-17-7-5-9/h1-7H,8H2.